The van der Waals surface area contributed by atoms with E-state index in [9.17, 15) is 5.11 Å². The zero-order valence-electron chi connectivity index (χ0n) is 8.46. The van der Waals surface area contributed by atoms with Gasteiger partial charge in [0.2, 0.25) is 0 Å². The maximum atomic E-state index is 9.73. The Bertz CT molecular complexity index is 299. The van der Waals surface area contributed by atoms with Crippen LogP contribution >= 0.6 is 15.9 Å². The van der Waals surface area contributed by atoms with Gasteiger partial charge in [-0.25, -0.2) is 0 Å². The smallest absolute Gasteiger partial charge is 0.102 e. The van der Waals surface area contributed by atoms with Crippen LogP contribution in [0.25, 0.3) is 0 Å². The van der Waals surface area contributed by atoms with E-state index in [-0.39, 0.29) is 0 Å². The van der Waals surface area contributed by atoms with Gasteiger partial charge >= 0.3 is 0 Å². The predicted octanol–water partition coefficient (Wildman–Crippen LogP) is 2.83. The summed E-state index contributed by atoms with van der Waals surface area (Å²) in [5.41, 5.74) is 2.03. The molecule has 3 heteroatoms. The van der Waals surface area contributed by atoms with E-state index in [1.807, 2.05) is 32.0 Å². The van der Waals surface area contributed by atoms with Crippen molar-refractivity contribution in [1.29, 1.82) is 0 Å². The van der Waals surface area contributed by atoms with Gasteiger partial charge in [-0.1, -0.05) is 28.1 Å². The van der Waals surface area contributed by atoms with Crippen molar-refractivity contribution >= 4 is 15.9 Å². The molecule has 0 aromatic heterocycles. The second-order valence-corrected chi connectivity index (χ2v) is 4.04. The molecule has 1 aromatic carbocycles. The van der Waals surface area contributed by atoms with Crippen LogP contribution < -0.4 is 0 Å². The van der Waals surface area contributed by atoms with Gasteiger partial charge in [0.05, 0.1) is 6.61 Å². The third kappa shape index (κ3) is 3.08. The van der Waals surface area contributed by atoms with Crippen LogP contribution in [0, 0.1) is 6.92 Å². The predicted molar refractivity (Wildman–Crippen MR) is 60.3 cm³/mol. The van der Waals surface area contributed by atoms with Crippen LogP contribution in [0.2, 0.25) is 0 Å². The lowest BCUT2D eigenvalue weighted by Crippen LogP contribution is -2.07. The molecule has 0 amide bonds. The van der Waals surface area contributed by atoms with Crippen LogP contribution in [0.15, 0.2) is 22.7 Å². The lowest BCUT2D eigenvalue weighted by atomic mass is 10.1. The molecule has 0 bridgehead atoms. The lowest BCUT2D eigenvalue weighted by Gasteiger charge is -2.11. The van der Waals surface area contributed by atoms with Crippen molar-refractivity contribution < 1.29 is 9.84 Å². The van der Waals surface area contributed by atoms with Crippen LogP contribution in [0.4, 0.5) is 0 Å². The Morgan fingerprint density at radius 3 is 2.79 bits per heavy atom. The van der Waals surface area contributed by atoms with Crippen molar-refractivity contribution in [3.8, 4) is 0 Å². The number of halogens is 1. The highest BCUT2D eigenvalue weighted by molar-refractivity contribution is 9.10. The Balaban J connectivity index is 2.70. The molecule has 0 fully saturated rings. The zero-order valence-corrected chi connectivity index (χ0v) is 10.0. The first-order valence-electron chi connectivity index (χ1n) is 4.67. The average molecular weight is 259 g/mol. The Morgan fingerprint density at radius 2 is 2.21 bits per heavy atom. The van der Waals surface area contributed by atoms with E-state index >= 15 is 0 Å². The molecule has 1 rings (SSSR count). The van der Waals surface area contributed by atoms with Gasteiger partial charge in [-0.2, -0.15) is 0 Å². The molecule has 78 valence electrons. The van der Waals surface area contributed by atoms with Crippen LogP contribution in [-0.2, 0) is 4.74 Å². The van der Waals surface area contributed by atoms with Gasteiger partial charge in [0.25, 0.3) is 0 Å². The first-order chi connectivity index (χ1) is 6.65. The summed E-state index contributed by atoms with van der Waals surface area (Å²) in [5, 5.41) is 9.73. The van der Waals surface area contributed by atoms with Gasteiger partial charge in [0.1, 0.15) is 6.10 Å². The monoisotopic (exact) mass is 258 g/mol. The minimum atomic E-state index is -0.526. The summed E-state index contributed by atoms with van der Waals surface area (Å²) in [7, 11) is 0. The van der Waals surface area contributed by atoms with Crippen molar-refractivity contribution in [2.45, 2.75) is 20.0 Å². The fourth-order valence-electron chi connectivity index (χ4n) is 1.20. The van der Waals surface area contributed by atoms with Crippen LogP contribution in [0.1, 0.15) is 24.2 Å². The van der Waals surface area contributed by atoms with Crippen molar-refractivity contribution in [2.75, 3.05) is 13.2 Å². The molecule has 1 N–H and O–H groups in total. The molecule has 0 aliphatic carbocycles. The molecule has 0 radical (unpaired) electrons. The molecule has 0 heterocycles. The quantitative estimate of drug-likeness (QED) is 0.900. The van der Waals surface area contributed by atoms with E-state index in [0.29, 0.717) is 13.2 Å². The van der Waals surface area contributed by atoms with Crippen LogP contribution in [0.3, 0.4) is 0 Å². The number of aryl methyl sites for hydroxylation is 1. The standard InChI is InChI=1S/C11H15BrO2/c1-3-14-7-11(13)9-4-5-10(12)8(2)6-9/h4-6,11,13H,3,7H2,1-2H3. The van der Waals surface area contributed by atoms with Gasteiger partial charge in [-0.15, -0.1) is 0 Å². The maximum absolute atomic E-state index is 9.73. The average Bonchev–Trinajstić information content (AvgIpc) is 2.18. The molecule has 0 saturated heterocycles. The molecular formula is C11H15BrO2. The molecule has 0 spiro atoms. The number of rotatable bonds is 4. The van der Waals surface area contributed by atoms with Crippen molar-refractivity contribution in [1.82, 2.24) is 0 Å². The number of hydrogen-bond acceptors (Lipinski definition) is 2. The first-order valence-corrected chi connectivity index (χ1v) is 5.46. The zero-order chi connectivity index (χ0) is 10.6. The SMILES string of the molecule is CCOCC(O)c1ccc(Br)c(C)c1. The van der Waals surface area contributed by atoms with E-state index in [1.54, 1.807) is 0 Å². The third-order valence-corrected chi connectivity index (χ3v) is 2.94. The molecule has 14 heavy (non-hydrogen) atoms. The number of ether oxygens (including phenoxy) is 1. The summed E-state index contributed by atoms with van der Waals surface area (Å²) in [6.07, 6.45) is -0.526. The molecule has 0 aliphatic rings. The molecule has 0 aliphatic heterocycles. The topological polar surface area (TPSA) is 29.5 Å². The Hall–Kier alpha value is -0.380. The number of aliphatic hydroxyl groups excluding tert-OH is 1. The fraction of sp³-hybridized carbons (Fsp3) is 0.455. The summed E-state index contributed by atoms with van der Waals surface area (Å²) >= 11 is 3.42. The number of aliphatic hydroxyl groups is 1. The molecule has 1 unspecified atom stereocenters. The molecule has 2 nitrogen and oxygen atoms in total. The van der Waals surface area contributed by atoms with E-state index in [2.05, 4.69) is 15.9 Å². The van der Waals surface area contributed by atoms with Crippen molar-refractivity contribution in [2.24, 2.45) is 0 Å². The van der Waals surface area contributed by atoms with Gasteiger partial charge in [0.15, 0.2) is 0 Å². The van der Waals surface area contributed by atoms with Gasteiger partial charge in [0, 0.05) is 11.1 Å². The number of benzene rings is 1. The van der Waals surface area contributed by atoms with Gasteiger partial charge in [-0.05, 0) is 31.0 Å². The van der Waals surface area contributed by atoms with Crippen LogP contribution in [-0.4, -0.2) is 18.3 Å². The minimum absolute atomic E-state index is 0.359. The highest BCUT2D eigenvalue weighted by Gasteiger charge is 2.08. The second kappa shape index (κ2) is 5.49. The van der Waals surface area contributed by atoms with Gasteiger partial charge in [-0.3, -0.25) is 0 Å². The summed E-state index contributed by atoms with van der Waals surface area (Å²) in [6, 6.07) is 5.81. The maximum Gasteiger partial charge on any atom is 0.102 e. The Kier molecular flexibility index (Phi) is 4.58. The van der Waals surface area contributed by atoms with E-state index < -0.39 is 6.10 Å². The Morgan fingerprint density at radius 1 is 1.50 bits per heavy atom. The lowest BCUT2D eigenvalue weighted by molar-refractivity contribution is 0.0420. The first kappa shape index (κ1) is 11.7. The Labute approximate surface area is 93.0 Å². The van der Waals surface area contributed by atoms with Crippen molar-refractivity contribution in [3.63, 3.8) is 0 Å². The summed E-state index contributed by atoms with van der Waals surface area (Å²) in [6.45, 7) is 4.91. The van der Waals surface area contributed by atoms with Crippen molar-refractivity contribution in [3.05, 3.63) is 33.8 Å². The summed E-state index contributed by atoms with van der Waals surface area (Å²) in [5.74, 6) is 0. The largest absolute Gasteiger partial charge is 0.386 e. The third-order valence-electron chi connectivity index (χ3n) is 2.05. The molecule has 0 saturated carbocycles. The van der Waals surface area contributed by atoms with E-state index in [1.165, 1.54) is 0 Å². The highest BCUT2D eigenvalue weighted by atomic mass is 79.9. The fourth-order valence-corrected chi connectivity index (χ4v) is 1.45. The second-order valence-electron chi connectivity index (χ2n) is 3.18. The van der Waals surface area contributed by atoms with E-state index in [0.717, 1.165) is 15.6 Å². The summed E-state index contributed by atoms with van der Waals surface area (Å²) in [4.78, 5) is 0. The number of hydrogen-bond donors (Lipinski definition) is 1. The molecule has 1 atom stereocenters. The van der Waals surface area contributed by atoms with Gasteiger partial charge < -0.3 is 9.84 Å². The highest BCUT2D eigenvalue weighted by Crippen LogP contribution is 2.21. The summed E-state index contributed by atoms with van der Waals surface area (Å²) < 4.78 is 6.22. The molecule has 1 aromatic rings. The minimum Gasteiger partial charge on any atom is -0.386 e. The molecular weight excluding hydrogens is 244 g/mol. The normalized spacial score (nSPS) is 12.9. The van der Waals surface area contributed by atoms with E-state index in [4.69, 9.17) is 4.74 Å². The van der Waals surface area contributed by atoms with Crippen LogP contribution in [0.5, 0.6) is 0 Å².